The summed E-state index contributed by atoms with van der Waals surface area (Å²) in [7, 11) is -2.24. The fourth-order valence-electron chi connectivity index (χ4n) is 4.04. The molecule has 0 saturated heterocycles. The molecule has 0 N–H and O–H groups in total. The van der Waals surface area contributed by atoms with E-state index in [1.54, 1.807) is 16.6 Å². The summed E-state index contributed by atoms with van der Waals surface area (Å²) in [5, 5.41) is 0. The predicted octanol–water partition coefficient (Wildman–Crippen LogP) is 3.51. The number of methoxy groups -OCH3 is 1. The van der Waals surface area contributed by atoms with E-state index in [1.165, 1.54) is 13.3 Å². The third-order valence-corrected chi connectivity index (χ3v) is 7.60. The van der Waals surface area contributed by atoms with Gasteiger partial charge in [-0.1, -0.05) is 25.1 Å². The third kappa shape index (κ3) is 4.57. The van der Waals surface area contributed by atoms with Crippen molar-refractivity contribution in [1.82, 2.24) is 9.29 Å². The van der Waals surface area contributed by atoms with Crippen LogP contribution in [0.15, 0.2) is 41.6 Å². The Morgan fingerprint density at radius 3 is 2.73 bits per heavy atom. The summed E-state index contributed by atoms with van der Waals surface area (Å²) in [6, 6.07) is 7.78. The number of nitrogens with zero attached hydrogens (tertiary/aromatic N) is 2. The van der Waals surface area contributed by atoms with E-state index in [0.717, 1.165) is 22.3 Å². The van der Waals surface area contributed by atoms with Crippen molar-refractivity contribution < 1.29 is 17.9 Å². The molecule has 2 aromatic rings. The molecule has 0 spiro atoms. The Kier molecular flexibility index (Phi) is 6.34. The Morgan fingerprint density at radius 2 is 2.03 bits per heavy atom. The number of sulfonamides is 1. The molecule has 30 heavy (non-hydrogen) atoms. The van der Waals surface area contributed by atoms with Crippen molar-refractivity contribution >= 4 is 16.0 Å². The summed E-state index contributed by atoms with van der Waals surface area (Å²) < 4.78 is 33.2. The zero-order chi connectivity index (χ0) is 22.1. The minimum Gasteiger partial charge on any atom is -0.469 e. The van der Waals surface area contributed by atoms with Gasteiger partial charge in [0, 0.05) is 25.5 Å². The molecule has 162 valence electrons. The number of fused-ring (bicyclic) bond motifs is 1. The molecule has 0 saturated carbocycles. The molecule has 1 aliphatic heterocycles. The van der Waals surface area contributed by atoms with Crippen LogP contribution < -0.4 is 0 Å². The maximum Gasteiger partial charge on any atom is 0.311 e. The van der Waals surface area contributed by atoms with E-state index < -0.39 is 15.4 Å². The molecular weight excluding hydrogens is 400 g/mol. The minimum absolute atomic E-state index is 0.199. The van der Waals surface area contributed by atoms with Crippen molar-refractivity contribution in [3.8, 4) is 0 Å². The molecule has 1 aliphatic rings. The lowest BCUT2D eigenvalue weighted by Gasteiger charge is -2.25. The second kappa shape index (κ2) is 8.47. The normalized spacial score (nSPS) is 19.0. The van der Waals surface area contributed by atoms with Crippen molar-refractivity contribution in [2.75, 3.05) is 13.7 Å². The molecule has 6 nitrogen and oxygen atoms in total. The van der Waals surface area contributed by atoms with Gasteiger partial charge in [-0.3, -0.25) is 9.78 Å². The average Bonchev–Trinajstić information content (AvgIpc) is 2.77. The molecule has 0 amide bonds. The predicted molar refractivity (Wildman–Crippen MR) is 115 cm³/mol. The van der Waals surface area contributed by atoms with E-state index in [-0.39, 0.29) is 11.9 Å². The van der Waals surface area contributed by atoms with Gasteiger partial charge in [0.05, 0.1) is 12.5 Å². The maximum atomic E-state index is 13.4. The molecule has 0 radical (unpaired) electrons. The van der Waals surface area contributed by atoms with Gasteiger partial charge in [0.25, 0.3) is 0 Å². The van der Waals surface area contributed by atoms with Crippen molar-refractivity contribution in [1.29, 1.82) is 0 Å². The second-order valence-electron chi connectivity index (χ2n) is 8.90. The Hall–Kier alpha value is -2.25. The number of rotatable bonds is 5. The van der Waals surface area contributed by atoms with Gasteiger partial charge in [0.15, 0.2) is 0 Å². The van der Waals surface area contributed by atoms with Gasteiger partial charge < -0.3 is 4.74 Å². The van der Waals surface area contributed by atoms with Crippen LogP contribution in [-0.2, 0) is 38.9 Å². The zero-order valence-electron chi connectivity index (χ0n) is 18.3. The zero-order valence-corrected chi connectivity index (χ0v) is 19.1. The lowest BCUT2D eigenvalue weighted by atomic mass is 9.85. The summed E-state index contributed by atoms with van der Waals surface area (Å²) >= 11 is 0. The number of aryl methyl sites for hydroxylation is 1. The lowest BCUT2D eigenvalue weighted by molar-refractivity contribution is -0.150. The number of hydrogen-bond acceptors (Lipinski definition) is 5. The van der Waals surface area contributed by atoms with Crippen LogP contribution in [0.25, 0.3) is 0 Å². The Balaban J connectivity index is 1.93. The molecule has 1 atom stereocenters. The van der Waals surface area contributed by atoms with E-state index in [4.69, 9.17) is 4.74 Å². The van der Waals surface area contributed by atoms with Crippen molar-refractivity contribution in [2.24, 2.45) is 11.3 Å². The van der Waals surface area contributed by atoms with E-state index in [1.807, 2.05) is 39.0 Å². The molecule has 0 fully saturated rings. The largest absolute Gasteiger partial charge is 0.469 e. The van der Waals surface area contributed by atoms with E-state index in [2.05, 4.69) is 11.9 Å². The summed E-state index contributed by atoms with van der Waals surface area (Å²) in [4.78, 5) is 16.4. The van der Waals surface area contributed by atoms with E-state index in [0.29, 0.717) is 30.8 Å². The van der Waals surface area contributed by atoms with Crippen LogP contribution in [0.4, 0.5) is 0 Å². The molecule has 0 unspecified atom stereocenters. The summed E-state index contributed by atoms with van der Waals surface area (Å²) in [6.45, 7) is 8.49. The molecule has 3 rings (SSSR count). The second-order valence-corrected chi connectivity index (χ2v) is 10.8. The highest BCUT2D eigenvalue weighted by atomic mass is 32.2. The number of ether oxygens (including phenoxy) is 1. The Bertz CT molecular complexity index is 1050. The monoisotopic (exact) mass is 430 g/mol. The molecule has 1 aromatic carbocycles. The highest BCUT2D eigenvalue weighted by molar-refractivity contribution is 7.89. The van der Waals surface area contributed by atoms with E-state index >= 15 is 0 Å². The lowest BCUT2D eigenvalue weighted by Crippen LogP contribution is -2.33. The first-order valence-corrected chi connectivity index (χ1v) is 11.6. The van der Waals surface area contributed by atoms with Gasteiger partial charge in [0.1, 0.15) is 4.90 Å². The van der Waals surface area contributed by atoms with Crippen molar-refractivity contribution in [3.05, 3.63) is 58.9 Å². The fourth-order valence-corrected chi connectivity index (χ4v) is 5.75. The van der Waals surface area contributed by atoms with Gasteiger partial charge in [0.2, 0.25) is 10.0 Å². The number of aromatic nitrogens is 1. The fraction of sp³-hybridized carbons (Fsp3) is 0.478. The highest BCUT2D eigenvalue weighted by Crippen LogP contribution is 2.30. The first kappa shape index (κ1) is 22.4. The maximum absolute atomic E-state index is 13.4. The van der Waals surface area contributed by atoms with Gasteiger partial charge >= 0.3 is 5.97 Å². The third-order valence-electron chi connectivity index (χ3n) is 5.72. The summed E-state index contributed by atoms with van der Waals surface area (Å²) in [6.07, 6.45) is 4.33. The molecular formula is C23H30N2O4S. The van der Waals surface area contributed by atoms with Crippen LogP contribution in [0.2, 0.25) is 0 Å². The van der Waals surface area contributed by atoms with Gasteiger partial charge in [-0.2, -0.15) is 4.31 Å². The van der Waals surface area contributed by atoms with Gasteiger partial charge in [-0.25, -0.2) is 8.42 Å². The van der Waals surface area contributed by atoms with Crippen LogP contribution in [0.1, 0.15) is 43.0 Å². The number of hydrogen-bond donors (Lipinski definition) is 0. The SMILES string of the molecule is COC(=O)C(C)(C)Cc1ccc(C)c(CN2C[C@@H](C)Cc3ccncc3S2(=O)=O)c1. The molecule has 7 heteroatoms. The summed E-state index contributed by atoms with van der Waals surface area (Å²) in [5.41, 5.74) is 3.11. The number of carbonyl (C=O) groups is 1. The van der Waals surface area contributed by atoms with E-state index in [9.17, 15) is 13.2 Å². The standard InChI is InChI=1S/C23H30N2O4S/c1-16-10-19-8-9-24-13-21(19)30(27,28)25(14-16)15-20-11-18(7-6-17(20)2)12-23(3,4)22(26)29-5/h6-9,11,13,16H,10,12,14-15H2,1-5H3/t16-/m0/s1. The summed E-state index contributed by atoms with van der Waals surface area (Å²) in [5.74, 6) is -0.0668. The quantitative estimate of drug-likeness (QED) is 0.679. The number of pyridine rings is 1. The van der Waals surface area contributed by atoms with Crippen LogP contribution in [-0.4, -0.2) is 37.3 Å². The first-order valence-electron chi connectivity index (χ1n) is 10.1. The van der Waals surface area contributed by atoms with Crippen molar-refractivity contribution in [3.63, 3.8) is 0 Å². The van der Waals surface area contributed by atoms with Crippen LogP contribution in [0, 0.1) is 18.3 Å². The Morgan fingerprint density at radius 1 is 1.30 bits per heavy atom. The van der Waals surface area contributed by atoms with Crippen LogP contribution in [0.5, 0.6) is 0 Å². The molecule has 2 heterocycles. The number of carbonyl (C=O) groups excluding carboxylic acids is 1. The van der Waals surface area contributed by atoms with Gasteiger partial charge in [-0.15, -0.1) is 0 Å². The smallest absolute Gasteiger partial charge is 0.311 e. The number of esters is 1. The molecule has 1 aromatic heterocycles. The average molecular weight is 431 g/mol. The Labute approximate surface area is 179 Å². The topological polar surface area (TPSA) is 76.6 Å². The minimum atomic E-state index is -3.64. The highest BCUT2D eigenvalue weighted by Gasteiger charge is 2.33. The van der Waals surface area contributed by atoms with Gasteiger partial charge in [-0.05, 0) is 67.9 Å². The first-order chi connectivity index (χ1) is 14.0. The molecule has 0 bridgehead atoms. The number of benzene rings is 1. The van der Waals surface area contributed by atoms with Crippen molar-refractivity contribution in [2.45, 2.75) is 52.0 Å². The van der Waals surface area contributed by atoms with Crippen LogP contribution >= 0.6 is 0 Å². The molecule has 0 aliphatic carbocycles. The van der Waals surface area contributed by atoms with Crippen LogP contribution in [0.3, 0.4) is 0 Å².